The van der Waals surface area contributed by atoms with Gasteiger partial charge in [0.15, 0.2) is 5.96 Å². The number of aryl methyl sites for hydroxylation is 1. The summed E-state index contributed by atoms with van der Waals surface area (Å²) in [5.74, 6) is 0.889. The molecule has 5 nitrogen and oxygen atoms in total. The van der Waals surface area contributed by atoms with E-state index in [1.807, 2.05) is 13.2 Å². The molecule has 0 saturated heterocycles. The average Bonchev–Trinajstić information content (AvgIpc) is 3.18. The average molecular weight is 466 g/mol. The Hall–Kier alpha value is -0.410. The van der Waals surface area contributed by atoms with Gasteiger partial charge in [-0.05, 0) is 38.0 Å². The van der Waals surface area contributed by atoms with Gasteiger partial charge in [-0.2, -0.15) is 0 Å². The van der Waals surface area contributed by atoms with Crippen LogP contribution in [0.3, 0.4) is 0 Å². The Labute approximate surface area is 167 Å². The van der Waals surface area contributed by atoms with E-state index in [1.54, 1.807) is 11.3 Å². The van der Waals surface area contributed by atoms with Crippen LogP contribution in [0.5, 0.6) is 0 Å². The second-order valence-corrected chi connectivity index (χ2v) is 7.32. The van der Waals surface area contributed by atoms with Gasteiger partial charge in [0.1, 0.15) is 0 Å². The van der Waals surface area contributed by atoms with Crippen molar-refractivity contribution in [3.05, 3.63) is 16.1 Å². The number of nitrogens with one attached hydrogen (secondary N) is 2. The van der Waals surface area contributed by atoms with E-state index < -0.39 is 0 Å². The maximum Gasteiger partial charge on any atom is 0.191 e. The summed E-state index contributed by atoms with van der Waals surface area (Å²) in [6.45, 7) is 7.74. The Morgan fingerprint density at radius 2 is 2.17 bits per heavy atom. The quantitative estimate of drug-likeness (QED) is 0.241. The molecule has 0 atom stereocenters. The number of hydrogen-bond donors (Lipinski definition) is 2. The highest BCUT2D eigenvalue weighted by atomic mass is 127. The van der Waals surface area contributed by atoms with Crippen LogP contribution in [0.15, 0.2) is 11.2 Å². The van der Waals surface area contributed by atoms with Crippen molar-refractivity contribution in [2.45, 2.75) is 46.0 Å². The molecule has 1 aliphatic rings. The molecule has 0 unspecified atom stereocenters. The molecule has 0 amide bonds. The fourth-order valence-electron chi connectivity index (χ4n) is 2.53. The Morgan fingerprint density at radius 3 is 2.75 bits per heavy atom. The van der Waals surface area contributed by atoms with Crippen molar-refractivity contribution in [3.63, 3.8) is 0 Å². The van der Waals surface area contributed by atoms with Gasteiger partial charge in [-0.15, -0.1) is 35.3 Å². The normalized spacial score (nSPS) is 15.7. The first-order chi connectivity index (χ1) is 11.2. The first-order valence-corrected chi connectivity index (χ1v) is 9.49. The van der Waals surface area contributed by atoms with Crippen LogP contribution in [0, 0.1) is 5.41 Å². The lowest BCUT2D eigenvalue weighted by Gasteiger charge is -2.18. The van der Waals surface area contributed by atoms with Crippen LogP contribution < -0.4 is 10.6 Å². The fraction of sp³-hybridized carbons (Fsp3) is 0.765. The molecule has 0 bridgehead atoms. The summed E-state index contributed by atoms with van der Waals surface area (Å²) < 4.78 is 5.49. The molecule has 2 N–H and O–H groups in total. The van der Waals surface area contributed by atoms with Gasteiger partial charge in [0.05, 0.1) is 5.01 Å². The van der Waals surface area contributed by atoms with E-state index in [-0.39, 0.29) is 24.0 Å². The zero-order chi connectivity index (χ0) is 16.5. The van der Waals surface area contributed by atoms with Crippen molar-refractivity contribution in [1.29, 1.82) is 0 Å². The summed E-state index contributed by atoms with van der Waals surface area (Å²) in [5.41, 5.74) is 0.429. The predicted octanol–water partition coefficient (Wildman–Crippen LogP) is 3.24. The molecule has 1 aliphatic carbocycles. The standard InChI is InChI=1S/C17H30N4OS.HI/c1-4-14-12-20-15(23-14)6-10-19-16(18-3)21-13-17(7-8-17)9-11-22-5-2;/h12H,4-11,13H2,1-3H3,(H2,18,19,21);1H. The molecule has 2 rings (SSSR count). The van der Waals surface area contributed by atoms with Crippen LogP contribution in [0.25, 0.3) is 0 Å². The molecular formula is C17H31IN4OS. The third kappa shape index (κ3) is 7.23. The van der Waals surface area contributed by atoms with Crippen LogP contribution in [0.2, 0.25) is 0 Å². The molecule has 0 aliphatic heterocycles. The minimum atomic E-state index is 0. The topological polar surface area (TPSA) is 58.5 Å². The number of nitrogens with zero attached hydrogens (tertiary/aromatic N) is 2. The van der Waals surface area contributed by atoms with Crippen molar-refractivity contribution in [1.82, 2.24) is 15.6 Å². The molecule has 1 saturated carbocycles. The Morgan fingerprint density at radius 1 is 1.38 bits per heavy atom. The van der Waals surface area contributed by atoms with Gasteiger partial charge in [-0.25, -0.2) is 4.98 Å². The first-order valence-electron chi connectivity index (χ1n) is 8.67. The van der Waals surface area contributed by atoms with Gasteiger partial charge in [-0.1, -0.05) is 6.92 Å². The predicted molar refractivity (Wildman–Crippen MR) is 113 cm³/mol. The van der Waals surface area contributed by atoms with Gasteiger partial charge in [-0.3, -0.25) is 4.99 Å². The highest BCUT2D eigenvalue weighted by Gasteiger charge is 2.41. The van der Waals surface area contributed by atoms with Gasteiger partial charge in [0.2, 0.25) is 0 Å². The maximum absolute atomic E-state index is 5.49. The smallest absolute Gasteiger partial charge is 0.191 e. The van der Waals surface area contributed by atoms with E-state index in [0.717, 1.165) is 51.5 Å². The molecular weight excluding hydrogens is 435 g/mol. The van der Waals surface area contributed by atoms with Crippen molar-refractivity contribution in [3.8, 4) is 0 Å². The Balaban J connectivity index is 0.00000288. The number of guanidine groups is 1. The molecule has 138 valence electrons. The lowest BCUT2D eigenvalue weighted by Crippen LogP contribution is -2.41. The van der Waals surface area contributed by atoms with Crippen molar-refractivity contribution in [2.24, 2.45) is 10.4 Å². The Kier molecular flexibility index (Phi) is 10.1. The van der Waals surface area contributed by atoms with Crippen molar-refractivity contribution < 1.29 is 4.74 Å². The van der Waals surface area contributed by atoms with E-state index in [4.69, 9.17) is 4.74 Å². The number of rotatable bonds is 10. The van der Waals surface area contributed by atoms with Crippen LogP contribution in [-0.4, -0.2) is 44.3 Å². The highest BCUT2D eigenvalue weighted by molar-refractivity contribution is 14.0. The zero-order valence-electron chi connectivity index (χ0n) is 15.1. The summed E-state index contributed by atoms with van der Waals surface area (Å²) in [6.07, 6.45) is 7.73. The van der Waals surface area contributed by atoms with Gasteiger partial charge in [0, 0.05) is 50.8 Å². The monoisotopic (exact) mass is 466 g/mol. The minimum Gasteiger partial charge on any atom is -0.382 e. The molecule has 1 aromatic rings. The summed E-state index contributed by atoms with van der Waals surface area (Å²) >= 11 is 1.81. The summed E-state index contributed by atoms with van der Waals surface area (Å²) in [5, 5.41) is 8.05. The summed E-state index contributed by atoms with van der Waals surface area (Å²) in [7, 11) is 1.83. The number of ether oxygens (including phenoxy) is 1. The maximum atomic E-state index is 5.49. The van der Waals surface area contributed by atoms with E-state index in [1.165, 1.54) is 22.7 Å². The van der Waals surface area contributed by atoms with Crippen molar-refractivity contribution >= 4 is 41.3 Å². The molecule has 0 spiro atoms. The lowest BCUT2D eigenvalue weighted by molar-refractivity contribution is 0.128. The van der Waals surface area contributed by atoms with Crippen LogP contribution in [-0.2, 0) is 17.6 Å². The third-order valence-electron chi connectivity index (χ3n) is 4.37. The van der Waals surface area contributed by atoms with Crippen LogP contribution in [0.4, 0.5) is 0 Å². The lowest BCUT2D eigenvalue weighted by atomic mass is 10.0. The van der Waals surface area contributed by atoms with Crippen molar-refractivity contribution in [2.75, 3.05) is 33.4 Å². The molecule has 1 aromatic heterocycles. The minimum absolute atomic E-state index is 0. The number of aromatic nitrogens is 1. The van der Waals surface area contributed by atoms with Gasteiger partial charge < -0.3 is 15.4 Å². The van der Waals surface area contributed by atoms with E-state index >= 15 is 0 Å². The largest absolute Gasteiger partial charge is 0.382 e. The van der Waals surface area contributed by atoms with Crippen LogP contribution in [0.1, 0.15) is 43.0 Å². The Bertz CT molecular complexity index is 503. The second kappa shape index (κ2) is 11.3. The number of thiazole rings is 1. The summed E-state index contributed by atoms with van der Waals surface area (Å²) in [6, 6.07) is 0. The third-order valence-corrected chi connectivity index (χ3v) is 5.58. The molecule has 24 heavy (non-hydrogen) atoms. The number of hydrogen-bond acceptors (Lipinski definition) is 4. The molecule has 0 radical (unpaired) electrons. The van der Waals surface area contributed by atoms with Crippen LogP contribution >= 0.6 is 35.3 Å². The summed E-state index contributed by atoms with van der Waals surface area (Å²) in [4.78, 5) is 10.1. The second-order valence-electron chi connectivity index (χ2n) is 6.12. The molecule has 1 fully saturated rings. The number of aliphatic imine (C=N–C) groups is 1. The molecule has 1 heterocycles. The fourth-order valence-corrected chi connectivity index (χ4v) is 3.39. The van der Waals surface area contributed by atoms with Gasteiger partial charge >= 0.3 is 0 Å². The van der Waals surface area contributed by atoms with E-state index in [9.17, 15) is 0 Å². The van der Waals surface area contributed by atoms with E-state index in [2.05, 4.69) is 34.5 Å². The number of halogens is 1. The molecule has 0 aromatic carbocycles. The molecule has 7 heteroatoms. The SMILES string of the molecule is CCOCCC1(CNC(=NC)NCCc2ncc(CC)s2)CC1.I. The first kappa shape index (κ1) is 21.6. The highest BCUT2D eigenvalue weighted by Crippen LogP contribution is 2.48. The van der Waals surface area contributed by atoms with E-state index in [0.29, 0.717) is 5.41 Å². The van der Waals surface area contributed by atoms with Gasteiger partial charge in [0.25, 0.3) is 0 Å². The zero-order valence-corrected chi connectivity index (χ0v) is 18.2.